The maximum Gasteiger partial charge on any atom is 0.0431 e. The van der Waals surface area contributed by atoms with E-state index in [4.69, 9.17) is 0 Å². The predicted molar refractivity (Wildman–Crippen MR) is 119 cm³/mol. The molecule has 3 atom stereocenters. The molecule has 152 valence electrons. The molecule has 1 aliphatic heterocycles. The van der Waals surface area contributed by atoms with E-state index in [0.29, 0.717) is 17.9 Å². The highest BCUT2D eigenvalue weighted by atomic mass is 15.3. The second-order valence-electron chi connectivity index (χ2n) is 8.61. The van der Waals surface area contributed by atoms with E-state index in [1.165, 1.54) is 63.1 Å². The number of nitrogens with zero attached hydrogens (tertiary/aromatic N) is 3. The van der Waals surface area contributed by atoms with Gasteiger partial charge in [0.15, 0.2) is 0 Å². The van der Waals surface area contributed by atoms with Crippen LogP contribution < -0.4 is 0 Å². The Balaban J connectivity index is 1.56. The minimum atomic E-state index is 0.516. The number of rotatable bonds is 9. The Morgan fingerprint density at radius 2 is 1.50 bits per heavy atom. The largest absolute Gasteiger partial charge is 0.304 e. The summed E-state index contributed by atoms with van der Waals surface area (Å²) >= 11 is 0. The molecule has 1 aromatic heterocycles. The van der Waals surface area contributed by atoms with Gasteiger partial charge in [-0.15, -0.1) is 0 Å². The lowest BCUT2D eigenvalue weighted by Gasteiger charge is -2.37. The van der Waals surface area contributed by atoms with Crippen molar-refractivity contribution in [2.24, 2.45) is 0 Å². The Labute approximate surface area is 171 Å². The minimum absolute atomic E-state index is 0.516. The Bertz CT molecular complexity index is 665. The van der Waals surface area contributed by atoms with Gasteiger partial charge in [0.1, 0.15) is 0 Å². The molecule has 2 aromatic rings. The summed E-state index contributed by atoms with van der Waals surface area (Å²) in [5.74, 6) is 1.16. The molecule has 1 fully saturated rings. The first kappa shape index (κ1) is 21.0. The molecular formula is C25H37N3. The average molecular weight is 380 g/mol. The second kappa shape index (κ2) is 10.7. The smallest absolute Gasteiger partial charge is 0.0431 e. The molecule has 0 amide bonds. The van der Waals surface area contributed by atoms with Crippen LogP contribution >= 0.6 is 0 Å². The van der Waals surface area contributed by atoms with E-state index < -0.39 is 0 Å². The lowest BCUT2D eigenvalue weighted by molar-refractivity contribution is 0.112. The highest BCUT2D eigenvalue weighted by molar-refractivity contribution is 5.19. The highest BCUT2D eigenvalue weighted by Gasteiger charge is 2.21. The first-order chi connectivity index (χ1) is 13.6. The van der Waals surface area contributed by atoms with Gasteiger partial charge in [0.05, 0.1) is 0 Å². The van der Waals surface area contributed by atoms with Crippen LogP contribution in [0.1, 0.15) is 62.6 Å². The quantitative estimate of drug-likeness (QED) is 0.599. The third-order valence-corrected chi connectivity index (χ3v) is 6.51. The van der Waals surface area contributed by atoms with Crippen LogP contribution in [0.25, 0.3) is 0 Å². The standard InChI is InChI=1S/C25H37N3/c1-21(25-11-7-8-16-26-25)12-14-24(23-9-5-4-6-10-23)15-13-22(2)28-19-17-27(3)18-20-28/h4-11,16,21-22,24H,12-15,17-20H2,1-3H3. The molecular weight excluding hydrogens is 342 g/mol. The topological polar surface area (TPSA) is 19.4 Å². The maximum absolute atomic E-state index is 4.56. The van der Waals surface area contributed by atoms with Crippen molar-refractivity contribution in [1.82, 2.24) is 14.8 Å². The summed E-state index contributed by atoms with van der Waals surface area (Å²) < 4.78 is 0. The SMILES string of the molecule is CC(CCC(CCC(C)N1CCN(C)CC1)c1ccccc1)c1ccccn1. The van der Waals surface area contributed by atoms with Crippen molar-refractivity contribution in [3.8, 4) is 0 Å². The third-order valence-electron chi connectivity index (χ3n) is 6.51. The summed E-state index contributed by atoms with van der Waals surface area (Å²) in [5, 5.41) is 0. The first-order valence-corrected chi connectivity index (χ1v) is 11.0. The van der Waals surface area contributed by atoms with Gasteiger partial charge >= 0.3 is 0 Å². The maximum atomic E-state index is 4.56. The molecule has 1 aliphatic rings. The fraction of sp³-hybridized carbons (Fsp3) is 0.560. The number of likely N-dealkylation sites (N-methyl/N-ethyl adjacent to an activating group) is 1. The van der Waals surface area contributed by atoms with Crippen molar-refractivity contribution in [3.05, 3.63) is 66.0 Å². The van der Waals surface area contributed by atoms with Crippen molar-refractivity contribution < 1.29 is 0 Å². The van der Waals surface area contributed by atoms with Gasteiger partial charge in [-0.3, -0.25) is 9.88 Å². The zero-order valence-electron chi connectivity index (χ0n) is 17.9. The van der Waals surface area contributed by atoms with Crippen LogP contribution in [0.2, 0.25) is 0 Å². The van der Waals surface area contributed by atoms with Gasteiger partial charge < -0.3 is 4.90 Å². The number of piperazine rings is 1. The fourth-order valence-corrected chi connectivity index (χ4v) is 4.36. The molecule has 0 bridgehead atoms. The van der Waals surface area contributed by atoms with Crippen LogP contribution in [0.5, 0.6) is 0 Å². The molecule has 0 spiro atoms. The summed E-state index contributed by atoms with van der Waals surface area (Å²) in [4.78, 5) is 9.68. The van der Waals surface area contributed by atoms with Crippen LogP contribution in [0.3, 0.4) is 0 Å². The average Bonchev–Trinajstić information content (AvgIpc) is 2.75. The molecule has 0 radical (unpaired) electrons. The molecule has 1 aromatic carbocycles. The molecule has 28 heavy (non-hydrogen) atoms. The van der Waals surface area contributed by atoms with Crippen molar-refractivity contribution >= 4 is 0 Å². The van der Waals surface area contributed by atoms with Gasteiger partial charge in [0.2, 0.25) is 0 Å². The van der Waals surface area contributed by atoms with E-state index in [2.05, 4.69) is 78.1 Å². The van der Waals surface area contributed by atoms with Crippen LogP contribution in [-0.4, -0.2) is 54.1 Å². The molecule has 0 saturated carbocycles. The summed E-state index contributed by atoms with van der Waals surface area (Å²) in [6.45, 7) is 9.57. The lowest BCUT2D eigenvalue weighted by atomic mass is 9.85. The number of aromatic nitrogens is 1. The van der Waals surface area contributed by atoms with Gasteiger partial charge in [-0.1, -0.05) is 43.3 Å². The van der Waals surface area contributed by atoms with E-state index in [-0.39, 0.29) is 0 Å². The van der Waals surface area contributed by atoms with E-state index in [0.717, 1.165) is 0 Å². The van der Waals surface area contributed by atoms with Gasteiger partial charge in [-0.05, 0) is 69.2 Å². The van der Waals surface area contributed by atoms with E-state index in [1.807, 2.05) is 12.3 Å². The van der Waals surface area contributed by atoms with Gasteiger partial charge in [-0.2, -0.15) is 0 Å². The summed E-state index contributed by atoms with van der Waals surface area (Å²) in [7, 11) is 2.23. The van der Waals surface area contributed by atoms with E-state index >= 15 is 0 Å². The molecule has 3 rings (SSSR count). The van der Waals surface area contributed by atoms with Crippen LogP contribution in [-0.2, 0) is 0 Å². The predicted octanol–water partition coefficient (Wildman–Crippen LogP) is 5.17. The Morgan fingerprint density at radius 1 is 0.821 bits per heavy atom. The molecule has 0 aliphatic carbocycles. The van der Waals surface area contributed by atoms with Gasteiger partial charge in [0.25, 0.3) is 0 Å². The molecule has 3 nitrogen and oxygen atoms in total. The lowest BCUT2D eigenvalue weighted by Crippen LogP contribution is -2.48. The monoisotopic (exact) mass is 379 g/mol. The second-order valence-corrected chi connectivity index (χ2v) is 8.61. The minimum Gasteiger partial charge on any atom is -0.304 e. The molecule has 3 unspecified atom stereocenters. The molecule has 0 N–H and O–H groups in total. The Morgan fingerprint density at radius 3 is 2.18 bits per heavy atom. The number of hydrogen-bond acceptors (Lipinski definition) is 3. The van der Waals surface area contributed by atoms with Crippen molar-refractivity contribution in [2.75, 3.05) is 33.2 Å². The van der Waals surface area contributed by atoms with E-state index in [9.17, 15) is 0 Å². The fourth-order valence-electron chi connectivity index (χ4n) is 4.36. The zero-order valence-corrected chi connectivity index (χ0v) is 17.9. The summed E-state index contributed by atoms with van der Waals surface area (Å²) in [6, 6.07) is 18.1. The van der Waals surface area contributed by atoms with Crippen LogP contribution in [0.4, 0.5) is 0 Å². The number of hydrogen-bond donors (Lipinski definition) is 0. The van der Waals surface area contributed by atoms with Crippen LogP contribution in [0.15, 0.2) is 54.7 Å². The number of benzene rings is 1. The molecule has 1 saturated heterocycles. The van der Waals surface area contributed by atoms with Crippen molar-refractivity contribution in [2.45, 2.75) is 57.4 Å². The highest BCUT2D eigenvalue weighted by Crippen LogP contribution is 2.31. The first-order valence-electron chi connectivity index (χ1n) is 11.0. The zero-order chi connectivity index (χ0) is 19.8. The molecule has 3 heteroatoms. The van der Waals surface area contributed by atoms with Gasteiger partial charge in [-0.25, -0.2) is 0 Å². The Hall–Kier alpha value is -1.71. The van der Waals surface area contributed by atoms with E-state index in [1.54, 1.807) is 0 Å². The van der Waals surface area contributed by atoms with Crippen LogP contribution in [0, 0.1) is 0 Å². The van der Waals surface area contributed by atoms with Gasteiger partial charge in [0, 0.05) is 44.1 Å². The normalized spacial score (nSPS) is 19.2. The molecule has 2 heterocycles. The number of pyridine rings is 1. The van der Waals surface area contributed by atoms with Crippen molar-refractivity contribution in [3.63, 3.8) is 0 Å². The summed E-state index contributed by atoms with van der Waals surface area (Å²) in [5.41, 5.74) is 2.72. The Kier molecular flexibility index (Phi) is 8.05. The summed E-state index contributed by atoms with van der Waals surface area (Å²) in [6.07, 6.45) is 6.89. The van der Waals surface area contributed by atoms with Crippen molar-refractivity contribution in [1.29, 1.82) is 0 Å². The third kappa shape index (κ3) is 6.15.